The fourth-order valence-corrected chi connectivity index (χ4v) is 5.45. The fourth-order valence-electron chi connectivity index (χ4n) is 5.45. The number of pyridine rings is 2. The molecule has 4 atom stereocenters. The molecule has 1 saturated heterocycles. The molecule has 132 valence electrons. The molecule has 0 radical (unpaired) electrons. The second-order valence-corrected chi connectivity index (χ2v) is 8.03. The number of nitrogens with zero attached hydrogens (tertiary/aromatic N) is 3. The predicted octanol–water partition coefficient (Wildman–Crippen LogP) is 3.06. The fraction of sp³-hybridized carbons (Fsp3) is 0.429. The highest BCUT2D eigenvalue weighted by atomic mass is 16.2. The molecule has 26 heavy (non-hydrogen) atoms. The highest BCUT2D eigenvalue weighted by molar-refractivity contribution is 6.08. The van der Waals surface area contributed by atoms with Gasteiger partial charge in [-0.25, -0.2) is 0 Å². The minimum Gasteiger partial charge on any atom is -0.277 e. The molecule has 2 aliphatic carbocycles. The van der Waals surface area contributed by atoms with E-state index in [1.807, 2.05) is 37.3 Å². The van der Waals surface area contributed by atoms with Gasteiger partial charge in [0.15, 0.2) is 0 Å². The number of hydrogen-bond acceptors (Lipinski definition) is 4. The Morgan fingerprint density at radius 1 is 1.12 bits per heavy atom. The summed E-state index contributed by atoms with van der Waals surface area (Å²) in [7, 11) is 0. The van der Waals surface area contributed by atoms with Crippen LogP contribution in [0.2, 0.25) is 0 Å². The van der Waals surface area contributed by atoms with Crippen LogP contribution in [0, 0.1) is 23.2 Å². The van der Waals surface area contributed by atoms with Crippen LogP contribution in [0.4, 0.5) is 0 Å². The number of fused-ring (bicyclic) bond motifs is 5. The van der Waals surface area contributed by atoms with Crippen LogP contribution in [0.15, 0.2) is 42.7 Å². The van der Waals surface area contributed by atoms with Crippen LogP contribution in [0.1, 0.15) is 31.7 Å². The molecule has 3 heterocycles. The van der Waals surface area contributed by atoms with Crippen molar-refractivity contribution in [2.24, 2.45) is 23.2 Å². The molecule has 5 heteroatoms. The maximum Gasteiger partial charge on any atom is 0.236 e. The zero-order valence-electron chi connectivity index (χ0n) is 14.8. The molecule has 5 rings (SSSR count). The third kappa shape index (κ3) is 2.03. The first-order chi connectivity index (χ1) is 12.6. The van der Waals surface area contributed by atoms with E-state index < -0.39 is 5.41 Å². The quantitative estimate of drug-likeness (QED) is 0.801. The largest absolute Gasteiger partial charge is 0.277 e. The summed E-state index contributed by atoms with van der Waals surface area (Å²) in [6.45, 7) is 2.34. The monoisotopic (exact) mass is 347 g/mol. The minimum atomic E-state index is -0.471. The molecule has 0 spiro atoms. The zero-order valence-corrected chi connectivity index (χ0v) is 14.8. The van der Waals surface area contributed by atoms with Gasteiger partial charge in [-0.15, -0.1) is 0 Å². The molecule has 2 amide bonds. The van der Waals surface area contributed by atoms with Crippen molar-refractivity contribution in [3.05, 3.63) is 48.3 Å². The molecular formula is C21H21N3O2. The van der Waals surface area contributed by atoms with E-state index in [1.165, 1.54) is 4.90 Å². The van der Waals surface area contributed by atoms with Gasteiger partial charge >= 0.3 is 0 Å². The summed E-state index contributed by atoms with van der Waals surface area (Å²) in [5.74, 6) is 0.723. The van der Waals surface area contributed by atoms with Gasteiger partial charge in [0.1, 0.15) is 0 Å². The molecule has 2 bridgehead atoms. The number of imide groups is 1. The number of amides is 2. The SMILES string of the molecule is C[C@@]12C(=O)N(Cc3ccc(-c4ccccn4)nc3)C(=O)C1[C@@H]1CC[C@H]2C1. The van der Waals surface area contributed by atoms with Crippen molar-refractivity contribution < 1.29 is 9.59 Å². The molecule has 2 saturated carbocycles. The Labute approximate surface area is 152 Å². The number of rotatable bonds is 3. The molecule has 0 N–H and O–H groups in total. The number of carbonyl (C=O) groups is 2. The summed E-state index contributed by atoms with van der Waals surface area (Å²) < 4.78 is 0. The van der Waals surface area contributed by atoms with Crippen LogP contribution in [0.25, 0.3) is 11.4 Å². The highest BCUT2D eigenvalue weighted by Crippen LogP contribution is 2.63. The van der Waals surface area contributed by atoms with Crippen molar-refractivity contribution >= 4 is 11.8 Å². The lowest BCUT2D eigenvalue weighted by Gasteiger charge is -2.31. The van der Waals surface area contributed by atoms with Crippen molar-refractivity contribution in [3.8, 4) is 11.4 Å². The van der Waals surface area contributed by atoms with E-state index in [4.69, 9.17) is 0 Å². The molecule has 0 aromatic carbocycles. The molecule has 3 fully saturated rings. The van der Waals surface area contributed by atoms with Gasteiger partial charge < -0.3 is 0 Å². The lowest BCUT2D eigenvalue weighted by molar-refractivity contribution is -0.143. The summed E-state index contributed by atoms with van der Waals surface area (Å²) in [5, 5.41) is 0. The maximum absolute atomic E-state index is 13.1. The number of carbonyl (C=O) groups excluding carboxylic acids is 2. The second-order valence-electron chi connectivity index (χ2n) is 8.03. The van der Waals surface area contributed by atoms with Gasteiger partial charge in [-0.2, -0.15) is 0 Å². The van der Waals surface area contributed by atoms with Gasteiger partial charge in [0.25, 0.3) is 0 Å². The lowest BCUT2D eigenvalue weighted by Crippen LogP contribution is -2.38. The standard InChI is InChI=1S/C21H21N3O2/c1-21-15-7-6-14(10-15)18(21)19(25)24(20(21)26)12-13-5-8-17(23-11-13)16-4-2-3-9-22-16/h2-5,8-9,11,14-15,18H,6-7,10,12H2,1H3/t14-,15+,18?,21+/m1/s1. The number of likely N-dealkylation sites (tertiary alicyclic amines) is 1. The third-order valence-electron chi connectivity index (χ3n) is 6.77. The smallest absolute Gasteiger partial charge is 0.236 e. The average Bonchev–Trinajstić information content (AvgIpc) is 3.31. The molecule has 3 aliphatic rings. The van der Waals surface area contributed by atoms with Crippen molar-refractivity contribution in [2.45, 2.75) is 32.7 Å². The molecule has 1 aliphatic heterocycles. The van der Waals surface area contributed by atoms with E-state index in [2.05, 4.69) is 9.97 Å². The van der Waals surface area contributed by atoms with Crippen LogP contribution in [-0.2, 0) is 16.1 Å². The van der Waals surface area contributed by atoms with E-state index in [9.17, 15) is 9.59 Å². The lowest BCUT2D eigenvalue weighted by atomic mass is 9.69. The van der Waals surface area contributed by atoms with E-state index in [1.54, 1.807) is 12.4 Å². The molecule has 2 aromatic heterocycles. The first-order valence-corrected chi connectivity index (χ1v) is 9.31. The van der Waals surface area contributed by atoms with Gasteiger partial charge in [-0.1, -0.05) is 12.1 Å². The Kier molecular flexibility index (Phi) is 3.30. The predicted molar refractivity (Wildman–Crippen MR) is 95.5 cm³/mol. The summed E-state index contributed by atoms with van der Waals surface area (Å²) in [4.78, 5) is 36.3. The van der Waals surface area contributed by atoms with Crippen LogP contribution >= 0.6 is 0 Å². The minimum absolute atomic E-state index is 0.0218. The highest BCUT2D eigenvalue weighted by Gasteiger charge is 2.68. The second kappa shape index (κ2) is 5.47. The number of hydrogen-bond donors (Lipinski definition) is 0. The van der Waals surface area contributed by atoms with Crippen LogP contribution in [0.5, 0.6) is 0 Å². The first-order valence-electron chi connectivity index (χ1n) is 9.31. The topological polar surface area (TPSA) is 63.2 Å². The zero-order chi connectivity index (χ0) is 17.9. The van der Waals surface area contributed by atoms with Crippen molar-refractivity contribution in [1.29, 1.82) is 0 Å². The summed E-state index contributed by atoms with van der Waals surface area (Å²) >= 11 is 0. The van der Waals surface area contributed by atoms with Gasteiger partial charge in [-0.05, 0) is 61.8 Å². The van der Waals surface area contributed by atoms with Crippen molar-refractivity contribution in [3.63, 3.8) is 0 Å². The average molecular weight is 347 g/mol. The van der Waals surface area contributed by atoms with E-state index in [0.717, 1.165) is 36.2 Å². The summed E-state index contributed by atoms with van der Waals surface area (Å²) in [6, 6.07) is 9.53. The summed E-state index contributed by atoms with van der Waals surface area (Å²) in [5.41, 5.74) is 2.00. The first kappa shape index (κ1) is 15.7. The third-order valence-corrected chi connectivity index (χ3v) is 6.77. The van der Waals surface area contributed by atoms with Crippen LogP contribution < -0.4 is 0 Å². The van der Waals surface area contributed by atoms with E-state index >= 15 is 0 Å². The molecule has 2 aromatic rings. The Balaban J connectivity index is 1.39. The van der Waals surface area contributed by atoms with Gasteiger partial charge in [0.05, 0.1) is 29.3 Å². The normalized spacial score (nSPS) is 32.3. The molecule has 5 nitrogen and oxygen atoms in total. The van der Waals surface area contributed by atoms with Crippen LogP contribution in [0.3, 0.4) is 0 Å². The Bertz CT molecular complexity index is 880. The van der Waals surface area contributed by atoms with E-state index in [-0.39, 0.29) is 17.7 Å². The van der Waals surface area contributed by atoms with E-state index in [0.29, 0.717) is 18.4 Å². The number of aromatic nitrogens is 2. The molecule has 1 unspecified atom stereocenters. The van der Waals surface area contributed by atoms with Crippen molar-refractivity contribution in [2.75, 3.05) is 0 Å². The van der Waals surface area contributed by atoms with Gasteiger partial charge in [0, 0.05) is 12.4 Å². The Morgan fingerprint density at radius 2 is 1.96 bits per heavy atom. The maximum atomic E-state index is 13.1. The van der Waals surface area contributed by atoms with Crippen LogP contribution in [-0.4, -0.2) is 26.7 Å². The van der Waals surface area contributed by atoms with Crippen molar-refractivity contribution in [1.82, 2.24) is 14.9 Å². The summed E-state index contributed by atoms with van der Waals surface area (Å²) in [6.07, 6.45) is 6.71. The van der Waals surface area contributed by atoms with Gasteiger partial charge in [0.2, 0.25) is 11.8 Å². The Morgan fingerprint density at radius 3 is 2.65 bits per heavy atom. The van der Waals surface area contributed by atoms with Gasteiger partial charge in [-0.3, -0.25) is 24.5 Å². The Hall–Kier alpha value is -2.56. The molecular weight excluding hydrogens is 326 g/mol.